The maximum atomic E-state index is 12.2. The molecule has 0 radical (unpaired) electrons. The Labute approximate surface area is 116 Å². The van der Waals surface area contributed by atoms with Crippen molar-refractivity contribution in [3.63, 3.8) is 0 Å². The van der Waals surface area contributed by atoms with Gasteiger partial charge < -0.3 is 4.74 Å². The predicted molar refractivity (Wildman–Crippen MR) is 80.6 cm³/mol. The number of allylic oxidation sites excluding steroid dienone is 2. The molecule has 1 aromatic carbocycles. The van der Waals surface area contributed by atoms with E-state index in [9.17, 15) is 4.79 Å². The fraction of sp³-hybridized carbons (Fsp3) is 0.438. The first kappa shape index (κ1) is 14.1. The smallest absolute Gasteiger partial charge is 0.314 e. The number of carbonyl (C=O) groups is 1. The van der Waals surface area contributed by atoms with Crippen LogP contribution in [-0.2, 0) is 16.0 Å². The number of esters is 1. The molecule has 0 amide bonds. The van der Waals surface area contributed by atoms with Crippen LogP contribution in [0.3, 0.4) is 0 Å². The molecule has 1 heterocycles. The van der Waals surface area contributed by atoms with E-state index in [4.69, 9.17) is 4.74 Å². The standard InChI is InChI=1S/C16H22O2Si/c1-12-10-15(19(2,3)4)14(16(17)18-12)11-13-8-6-5-7-9-13/h5-10,14-15H,11H2,1-4H3/t14-,15-/m0/s1. The first-order valence-electron chi connectivity index (χ1n) is 6.82. The monoisotopic (exact) mass is 274 g/mol. The van der Waals surface area contributed by atoms with Gasteiger partial charge in [0.2, 0.25) is 0 Å². The Kier molecular flexibility index (Phi) is 3.95. The molecule has 19 heavy (non-hydrogen) atoms. The fourth-order valence-electron chi connectivity index (χ4n) is 2.72. The van der Waals surface area contributed by atoms with E-state index in [-0.39, 0.29) is 11.9 Å². The topological polar surface area (TPSA) is 26.3 Å². The van der Waals surface area contributed by atoms with Crippen LogP contribution in [0.4, 0.5) is 0 Å². The lowest BCUT2D eigenvalue weighted by Crippen LogP contribution is -2.40. The highest BCUT2D eigenvalue weighted by Gasteiger charge is 2.40. The SMILES string of the molecule is CC1=C[C@H]([Si](C)(C)C)[C@H](Cc2ccccc2)C(=O)O1. The summed E-state index contributed by atoms with van der Waals surface area (Å²) in [5.41, 5.74) is 1.56. The number of rotatable bonds is 3. The molecule has 0 aliphatic carbocycles. The summed E-state index contributed by atoms with van der Waals surface area (Å²) < 4.78 is 5.34. The van der Waals surface area contributed by atoms with Gasteiger partial charge in [-0.25, -0.2) is 0 Å². The molecule has 2 rings (SSSR count). The Hall–Kier alpha value is -1.35. The fourth-order valence-corrected chi connectivity index (χ4v) is 4.91. The Balaban J connectivity index is 2.28. The van der Waals surface area contributed by atoms with Gasteiger partial charge in [0, 0.05) is 0 Å². The van der Waals surface area contributed by atoms with Crippen LogP contribution < -0.4 is 0 Å². The molecule has 0 unspecified atom stereocenters. The van der Waals surface area contributed by atoms with Crippen LogP contribution in [0.2, 0.25) is 25.2 Å². The Morgan fingerprint density at radius 1 is 1.16 bits per heavy atom. The molecule has 0 saturated heterocycles. The zero-order valence-corrected chi connectivity index (χ0v) is 13.1. The van der Waals surface area contributed by atoms with Crippen molar-refractivity contribution in [1.82, 2.24) is 0 Å². The van der Waals surface area contributed by atoms with E-state index in [2.05, 4.69) is 37.8 Å². The van der Waals surface area contributed by atoms with Crippen LogP contribution in [0.5, 0.6) is 0 Å². The maximum Gasteiger partial charge on any atom is 0.314 e. The van der Waals surface area contributed by atoms with Crippen molar-refractivity contribution in [2.24, 2.45) is 5.92 Å². The summed E-state index contributed by atoms with van der Waals surface area (Å²) in [7, 11) is -1.43. The lowest BCUT2D eigenvalue weighted by molar-refractivity contribution is -0.145. The highest BCUT2D eigenvalue weighted by Crippen LogP contribution is 2.38. The van der Waals surface area contributed by atoms with Crippen LogP contribution in [-0.4, -0.2) is 14.0 Å². The summed E-state index contributed by atoms with van der Waals surface area (Å²) in [6.07, 6.45) is 2.94. The van der Waals surface area contributed by atoms with Crippen molar-refractivity contribution in [3.8, 4) is 0 Å². The van der Waals surface area contributed by atoms with Gasteiger partial charge in [-0.3, -0.25) is 4.79 Å². The zero-order chi connectivity index (χ0) is 14.0. The normalized spacial score (nSPS) is 23.8. The van der Waals surface area contributed by atoms with Crippen molar-refractivity contribution in [3.05, 3.63) is 47.7 Å². The lowest BCUT2D eigenvalue weighted by Gasteiger charge is -2.35. The van der Waals surface area contributed by atoms with Crippen molar-refractivity contribution in [2.75, 3.05) is 0 Å². The summed E-state index contributed by atoms with van der Waals surface area (Å²) in [5.74, 6) is 0.677. The average Bonchev–Trinajstić information content (AvgIpc) is 2.32. The minimum Gasteiger partial charge on any atom is -0.431 e. The van der Waals surface area contributed by atoms with E-state index < -0.39 is 8.07 Å². The summed E-state index contributed by atoms with van der Waals surface area (Å²) in [4.78, 5) is 12.2. The van der Waals surface area contributed by atoms with Crippen molar-refractivity contribution < 1.29 is 9.53 Å². The molecule has 0 spiro atoms. The third-order valence-electron chi connectivity index (χ3n) is 3.71. The molecule has 0 saturated carbocycles. The van der Waals surface area contributed by atoms with Gasteiger partial charge in [0.1, 0.15) is 5.76 Å². The number of hydrogen-bond donors (Lipinski definition) is 0. The molecule has 0 bridgehead atoms. The van der Waals surface area contributed by atoms with Crippen LogP contribution in [0, 0.1) is 5.92 Å². The van der Waals surface area contributed by atoms with Gasteiger partial charge >= 0.3 is 5.97 Å². The second-order valence-corrected chi connectivity index (χ2v) is 11.8. The van der Waals surface area contributed by atoms with Crippen LogP contribution in [0.15, 0.2) is 42.2 Å². The summed E-state index contributed by atoms with van der Waals surface area (Å²) >= 11 is 0. The minimum absolute atomic E-state index is 0.0298. The Morgan fingerprint density at radius 2 is 1.79 bits per heavy atom. The quantitative estimate of drug-likeness (QED) is 0.615. The largest absolute Gasteiger partial charge is 0.431 e. The van der Waals surface area contributed by atoms with E-state index in [1.807, 2.05) is 25.1 Å². The molecular weight excluding hydrogens is 252 g/mol. The Morgan fingerprint density at radius 3 is 2.37 bits per heavy atom. The van der Waals surface area contributed by atoms with Gasteiger partial charge in [-0.1, -0.05) is 50.0 Å². The summed E-state index contributed by atoms with van der Waals surface area (Å²) in [6.45, 7) is 8.83. The van der Waals surface area contributed by atoms with E-state index in [1.165, 1.54) is 5.56 Å². The average molecular weight is 274 g/mol. The van der Waals surface area contributed by atoms with E-state index >= 15 is 0 Å². The van der Waals surface area contributed by atoms with Gasteiger partial charge in [0.05, 0.1) is 14.0 Å². The maximum absolute atomic E-state index is 12.2. The first-order chi connectivity index (χ1) is 8.88. The molecule has 1 aliphatic rings. The molecule has 3 heteroatoms. The second kappa shape index (κ2) is 5.33. The molecule has 0 aromatic heterocycles. The number of hydrogen-bond acceptors (Lipinski definition) is 2. The highest BCUT2D eigenvalue weighted by atomic mass is 28.3. The van der Waals surface area contributed by atoms with Gasteiger partial charge in [-0.2, -0.15) is 0 Å². The van der Waals surface area contributed by atoms with Crippen LogP contribution >= 0.6 is 0 Å². The van der Waals surface area contributed by atoms with Crippen LogP contribution in [0.1, 0.15) is 12.5 Å². The highest BCUT2D eigenvalue weighted by molar-refractivity contribution is 6.78. The van der Waals surface area contributed by atoms with Gasteiger partial charge in [-0.05, 0) is 30.5 Å². The number of carbonyl (C=O) groups excluding carboxylic acids is 1. The molecule has 2 nitrogen and oxygen atoms in total. The minimum atomic E-state index is -1.43. The molecule has 0 fully saturated rings. The summed E-state index contributed by atoms with van der Waals surface area (Å²) in [5, 5.41) is 0. The van der Waals surface area contributed by atoms with Crippen molar-refractivity contribution in [1.29, 1.82) is 0 Å². The number of ether oxygens (including phenoxy) is 1. The van der Waals surface area contributed by atoms with E-state index in [1.54, 1.807) is 0 Å². The molecule has 1 aliphatic heterocycles. The molecule has 1 aromatic rings. The first-order valence-corrected chi connectivity index (χ1v) is 10.4. The number of benzene rings is 1. The zero-order valence-electron chi connectivity index (χ0n) is 12.1. The van der Waals surface area contributed by atoms with E-state index in [0.717, 1.165) is 12.2 Å². The van der Waals surface area contributed by atoms with Crippen molar-refractivity contribution in [2.45, 2.75) is 38.5 Å². The Bertz CT molecular complexity index is 485. The van der Waals surface area contributed by atoms with Gasteiger partial charge in [0.15, 0.2) is 0 Å². The van der Waals surface area contributed by atoms with Gasteiger partial charge in [0.25, 0.3) is 0 Å². The molecule has 102 valence electrons. The lowest BCUT2D eigenvalue weighted by atomic mass is 9.94. The predicted octanol–water partition coefficient (Wildman–Crippen LogP) is 4.01. The molecular formula is C16H22O2Si. The van der Waals surface area contributed by atoms with Crippen LogP contribution in [0.25, 0.3) is 0 Å². The summed E-state index contributed by atoms with van der Waals surface area (Å²) in [6, 6.07) is 10.2. The van der Waals surface area contributed by atoms with E-state index in [0.29, 0.717) is 5.54 Å². The third-order valence-corrected chi connectivity index (χ3v) is 6.28. The molecule has 2 atom stereocenters. The number of cyclic esters (lactones) is 1. The van der Waals surface area contributed by atoms with Gasteiger partial charge in [-0.15, -0.1) is 0 Å². The third kappa shape index (κ3) is 3.35. The van der Waals surface area contributed by atoms with Crippen molar-refractivity contribution >= 4 is 14.0 Å². The second-order valence-electron chi connectivity index (χ2n) is 6.39. The molecule has 0 N–H and O–H groups in total.